The van der Waals surface area contributed by atoms with Crippen LogP contribution in [-0.4, -0.2) is 48.4 Å². The van der Waals surface area contributed by atoms with Gasteiger partial charge in [-0.25, -0.2) is 0 Å². The van der Waals surface area contributed by atoms with E-state index in [9.17, 15) is 9.59 Å². The summed E-state index contributed by atoms with van der Waals surface area (Å²) in [5.41, 5.74) is 1.38. The van der Waals surface area contributed by atoms with Crippen LogP contribution in [0, 0.1) is 0 Å². The van der Waals surface area contributed by atoms with E-state index in [-0.39, 0.29) is 24.0 Å². The number of carbonyl (C=O) groups is 2. The third-order valence-corrected chi connectivity index (χ3v) is 3.83. The fourth-order valence-corrected chi connectivity index (χ4v) is 2.96. The SMILES string of the molecule is CN=C1Nc2ccccc2C(=O)N2C[C@H](OC(C)=O)C[C@@H]12. The van der Waals surface area contributed by atoms with Crippen LogP contribution in [0.1, 0.15) is 23.7 Å². The van der Waals surface area contributed by atoms with E-state index >= 15 is 0 Å². The highest BCUT2D eigenvalue weighted by Gasteiger charge is 2.42. The number of nitrogens with zero attached hydrogens (tertiary/aromatic N) is 2. The van der Waals surface area contributed by atoms with Gasteiger partial charge in [-0.15, -0.1) is 0 Å². The average molecular weight is 287 g/mol. The molecule has 1 aromatic rings. The van der Waals surface area contributed by atoms with Gasteiger partial charge in [-0.2, -0.15) is 0 Å². The van der Waals surface area contributed by atoms with Gasteiger partial charge in [-0.1, -0.05) is 12.1 Å². The summed E-state index contributed by atoms with van der Waals surface area (Å²) in [6.07, 6.45) is 0.291. The van der Waals surface area contributed by atoms with E-state index in [1.54, 1.807) is 18.0 Å². The van der Waals surface area contributed by atoms with Crippen LogP contribution in [0.15, 0.2) is 29.3 Å². The normalized spacial score (nSPS) is 25.9. The Morgan fingerprint density at radius 2 is 2.19 bits per heavy atom. The summed E-state index contributed by atoms with van der Waals surface area (Å²) < 4.78 is 5.26. The number of ether oxygens (including phenoxy) is 1. The fourth-order valence-electron chi connectivity index (χ4n) is 2.96. The topological polar surface area (TPSA) is 71.0 Å². The Balaban J connectivity index is 1.96. The Morgan fingerprint density at radius 1 is 1.43 bits per heavy atom. The molecule has 2 aliphatic heterocycles. The number of hydrogen-bond donors (Lipinski definition) is 1. The fraction of sp³-hybridized carbons (Fsp3) is 0.400. The maximum Gasteiger partial charge on any atom is 0.302 e. The van der Waals surface area contributed by atoms with Crippen molar-refractivity contribution in [3.63, 3.8) is 0 Å². The summed E-state index contributed by atoms with van der Waals surface area (Å²) in [7, 11) is 1.69. The molecule has 0 aromatic heterocycles. The van der Waals surface area contributed by atoms with Gasteiger partial charge in [0.05, 0.1) is 23.8 Å². The average Bonchev–Trinajstić information content (AvgIpc) is 2.82. The molecule has 2 aliphatic rings. The lowest BCUT2D eigenvalue weighted by Crippen LogP contribution is -2.40. The highest BCUT2D eigenvalue weighted by atomic mass is 16.5. The number of benzene rings is 1. The standard InChI is InChI=1S/C15H17N3O3/c1-9(19)21-10-7-13-14(16-2)17-12-6-4-3-5-11(12)15(20)18(13)8-10/h3-6,10,13H,7-8H2,1-2H3,(H,16,17)/t10-,13+/m1/s1. The molecule has 2 heterocycles. The molecule has 0 aliphatic carbocycles. The minimum Gasteiger partial charge on any atom is -0.461 e. The van der Waals surface area contributed by atoms with Crippen molar-refractivity contribution in [2.24, 2.45) is 4.99 Å². The summed E-state index contributed by atoms with van der Waals surface area (Å²) >= 11 is 0. The van der Waals surface area contributed by atoms with Gasteiger partial charge in [0.15, 0.2) is 0 Å². The van der Waals surface area contributed by atoms with Crippen LogP contribution < -0.4 is 5.32 Å². The Morgan fingerprint density at radius 3 is 2.90 bits per heavy atom. The van der Waals surface area contributed by atoms with Gasteiger partial charge in [0.2, 0.25) is 0 Å². The number of nitrogens with one attached hydrogen (secondary N) is 1. The summed E-state index contributed by atoms with van der Waals surface area (Å²) in [4.78, 5) is 29.8. The monoisotopic (exact) mass is 287 g/mol. The first-order valence-corrected chi connectivity index (χ1v) is 6.91. The van der Waals surface area contributed by atoms with E-state index < -0.39 is 0 Å². The molecule has 0 saturated carbocycles. The molecule has 1 fully saturated rings. The molecule has 110 valence electrons. The minimum absolute atomic E-state index is 0.0589. The number of amides is 1. The first-order chi connectivity index (χ1) is 10.1. The molecule has 2 atom stereocenters. The molecule has 3 rings (SSSR count). The van der Waals surface area contributed by atoms with Gasteiger partial charge in [0.1, 0.15) is 11.9 Å². The molecule has 6 heteroatoms. The highest BCUT2D eigenvalue weighted by Crippen LogP contribution is 2.30. The number of para-hydroxylation sites is 1. The van der Waals surface area contributed by atoms with E-state index in [0.29, 0.717) is 18.5 Å². The van der Waals surface area contributed by atoms with Crippen LogP contribution in [-0.2, 0) is 9.53 Å². The molecule has 0 bridgehead atoms. The van der Waals surface area contributed by atoms with Crippen molar-refractivity contribution in [3.05, 3.63) is 29.8 Å². The highest BCUT2D eigenvalue weighted by molar-refractivity contribution is 6.11. The van der Waals surface area contributed by atoms with Crippen molar-refractivity contribution in [2.45, 2.75) is 25.5 Å². The van der Waals surface area contributed by atoms with Crippen molar-refractivity contribution in [1.29, 1.82) is 0 Å². The van der Waals surface area contributed by atoms with Gasteiger partial charge < -0.3 is 15.0 Å². The Kier molecular flexibility index (Phi) is 3.37. The quantitative estimate of drug-likeness (QED) is 0.790. The third-order valence-electron chi connectivity index (χ3n) is 3.83. The molecule has 0 radical (unpaired) electrons. The van der Waals surface area contributed by atoms with E-state index in [2.05, 4.69) is 10.3 Å². The number of hydrogen-bond acceptors (Lipinski definition) is 4. The van der Waals surface area contributed by atoms with Gasteiger partial charge in [-0.05, 0) is 12.1 Å². The lowest BCUT2D eigenvalue weighted by atomic mass is 10.1. The lowest BCUT2D eigenvalue weighted by molar-refractivity contribution is -0.145. The van der Waals surface area contributed by atoms with Crippen molar-refractivity contribution >= 4 is 23.4 Å². The number of rotatable bonds is 1. The largest absolute Gasteiger partial charge is 0.461 e. The maximum absolute atomic E-state index is 12.7. The third kappa shape index (κ3) is 2.37. The van der Waals surface area contributed by atoms with E-state index in [4.69, 9.17) is 4.74 Å². The maximum atomic E-state index is 12.7. The van der Waals surface area contributed by atoms with Crippen LogP contribution in [0.2, 0.25) is 0 Å². The predicted octanol–water partition coefficient (Wildman–Crippen LogP) is 1.29. The van der Waals surface area contributed by atoms with Gasteiger partial charge in [0, 0.05) is 20.4 Å². The molecule has 6 nitrogen and oxygen atoms in total. The Hall–Kier alpha value is -2.37. The van der Waals surface area contributed by atoms with Crippen molar-refractivity contribution < 1.29 is 14.3 Å². The van der Waals surface area contributed by atoms with Gasteiger partial charge >= 0.3 is 5.97 Å². The number of amidine groups is 1. The van der Waals surface area contributed by atoms with E-state index in [1.165, 1.54) is 6.92 Å². The molecule has 0 spiro atoms. The minimum atomic E-state index is -0.326. The number of fused-ring (bicyclic) bond motifs is 2. The van der Waals surface area contributed by atoms with Crippen molar-refractivity contribution in [2.75, 3.05) is 18.9 Å². The molecule has 1 aromatic carbocycles. The summed E-state index contributed by atoms with van der Waals surface area (Å²) in [5, 5.41) is 3.23. The number of aliphatic imine (C=N–C) groups is 1. The summed E-state index contributed by atoms with van der Waals surface area (Å²) in [6.45, 7) is 1.78. The first kappa shape index (κ1) is 13.6. The van der Waals surface area contributed by atoms with Crippen molar-refractivity contribution in [1.82, 2.24) is 4.90 Å². The van der Waals surface area contributed by atoms with Gasteiger partial charge in [0.25, 0.3) is 5.91 Å². The molecular formula is C15H17N3O3. The molecule has 1 N–H and O–H groups in total. The van der Waals surface area contributed by atoms with Crippen molar-refractivity contribution in [3.8, 4) is 0 Å². The number of anilines is 1. The first-order valence-electron chi connectivity index (χ1n) is 6.91. The van der Waals surface area contributed by atoms with E-state index in [0.717, 1.165) is 11.5 Å². The van der Waals surface area contributed by atoms with Crippen LogP contribution in [0.25, 0.3) is 0 Å². The molecule has 21 heavy (non-hydrogen) atoms. The Labute approximate surface area is 122 Å². The second kappa shape index (κ2) is 5.20. The van der Waals surface area contributed by atoms with Gasteiger partial charge in [-0.3, -0.25) is 14.6 Å². The van der Waals surface area contributed by atoms with E-state index in [1.807, 2.05) is 18.2 Å². The lowest BCUT2D eigenvalue weighted by Gasteiger charge is -2.21. The van der Waals surface area contributed by atoms with Crippen LogP contribution in [0.4, 0.5) is 5.69 Å². The zero-order chi connectivity index (χ0) is 15.0. The zero-order valence-corrected chi connectivity index (χ0v) is 12.0. The number of carbonyl (C=O) groups excluding carboxylic acids is 2. The molecule has 0 unspecified atom stereocenters. The van der Waals surface area contributed by atoms with Crippen LogP contribution in [0.3, 0.4) is 0 Å². The molecule has 1 amide bonds. The molecular weight excluding hydrogens is 270 g/mol. The van der Waals surface area contributed by atoms with Crippen LogP contribution in [0.5, 0.6) is 0 Å². The van der Waals surface area contributed by atoms with Crippen LogP contribution >= 0.6 is 0 Å². The number of esters is 1. The smallest absolute Gasteiger partial charge is 0.302 e. The molecule has 1 saturated heterocycles. The second-order valence-corrected chi connectivity index (χ2v) is 5.22. The summed E-state index contributed by atoms with van der Waals surface area (Å²) in [6, 6.07) is 7.19. The zero-order valence-electron chi connectivity index (χ0n) is 12.0. The second-order valence-electron chi connectivity index (χ2n) is 5.22. The Bertz CT molecular complexity index is 626. The predicted molar refractivity (Wildman–Crippen MR) is 78.4 cm³/mol. The summed E-state index contributed by atoms with van der Waals surface area (Å²) in [5.74, 6) is 0.341.